The quantitative estimate of drug-likeness (QED) is 0.575. The Balaban J connectivity index is 1.61. The fraction of sp³-hybridized carbons (Fsp3) is 0.300. The summed E-state index contributed by atoms with van der Waals surface area (Å²) < 4.78 is 49.4. The van der Waals surface area contributed by atoms with Gasteiger partial charge in [-0.2, -0.15) is 13.2 Å². The highest BCUT2D eigenvalue weighted by molar-refractivity contribution is 5.85. The van der Waals surface area contributed by atoms with Gasteiger partial charge in [-0.1, -0.05) is 18.2 Å². The zero-order valence-corrected chi connectivity index (χ0v) is 15.0. The van der Waals surface area contributed by atoms with Crippen LogP contribution in [0.25, 0.3) is 0 Å². The Kier molecular flexibility index (Phi) is 5.58. The number of amides is 1. The number of carbonyl (C=O) groups is 2. The largest absolute Gasteiger partial charge is 0.450 e. The predicted octanol–water partition coefficient (Wildman–Crippen LogP) is 4.98. The fourth-order valence-electron chi connectivity index (χ4n) is 2.96. The van der Waals surface area contributed by atoms with Gasteiger partial charge in [-0.05, 0) is 55.2 Å². The van der Waals surface area contributed by atoms with E-state index in [1.54, 1.807) is 6.92 Å². The molecule has 1 aliphatic rings. The summed E-state index contributed by atoms with van der Waals surface area (Å²) in [6.07, 6.45) is -4.75. The van der Waals surface area contributed by atoms with Crippen molar-refractivity contribution in [2.45, 2.75) is 25.4 Å². The molecular formula is C20H18F3NO4. The van der Waals surface area contributed by atoms with Crippen molar-refractivity contribution in [2.24, 2.45) is 5.92 Å². The lowest BCUT2D eigenvalue weighted by Crippen LogP contribution is -2.14. The van der Waals surface area contributed by atoms with Crippen LogP contribution in [0.3, 0.4) is 0 Å². The number of nitrogens with one attached hydrogen (secondary N) is 1. The second kappa shape index (κ2) is 7.92. The number of benzene rings is 2. The molecule has 3 rings (SSSR count). The standard InChI is InChI=1S/C20H18F3NO4/c1-2-27-19(26)24-12-7-9-13(10-8-12)28-18(25)16-11-15(16)14-5-3-4-6-17(14)20(21,22)23/h3-10,15-16H,2,11H2,1H3,(H,24,26). The molecule has 0 aliphatic heterocycles. The third kappa shape index (κ3) is 4.62. The van der Waals surface area contributed by atoms with Crippen molar-refractivity contribution in [3.8, 4) is 5.75 Å². The number of anilines is 1. The number of carbonyl (C=O) groups excluding carboxylic acids is 2. The van der Waals surface area contributed by atoms with E-state index >= 15 is 0 Å². The van der Waals surface area contributed by atoms with Crippen molar-refractivity contribution >= 4 is 17.7 Å². The van der Waals surface area contributed by atoms with Crippen LogP contribution in [-0.2, 0) is 15.7 Å². The minimum atomic E-state index is -4.46. The molecule has 148 valence electrons. The lowest BCUT2D eigenvalue weighted by atomic mass is 10.0. The molecule has 1 aliphatic carbocycles. The van der Waals surface area contributed by atoms with E-state index in [1.807, 2.05) is 0 Å². The average molecular weight is 393 g/mol. The Morgan fingerprint density at radius 3 is 2.43 bits per heavy atom. The first-order valence-corrected chi connectivity index (χ1v) is 8.71. The van der Waals surface area contributed by atoms with Crippen LogP contribution in [0.15, 0.2) is 48.5 Å². The first-order chi connectivity index (χ1) is 13.3. The highest BCUT2D eigenvalue weighted by Crippen LogP contribution is 2.51. The van der Waals surface area contributed by atoms with Crippen LogP contribution >= 0.6 is 0 Å². The number of hydrogen-bond donors (Lipinski definition) is 1. The minimum absolute atomic E-state index is 0.117. The van der Waals surface area contributed by atoms with E-state index in [0.29, 0.717) is 12.1 Å². The molecule has 1 saturated carbocycles. The SMILES string of the molecule is CCOC(=O)Nc1ccc(OC(=O)C2CC2c2ccccc2C(F)(F)F)cc1. The van der Waals surface area contributed by atoms with Crippen molar-refractivity contribution in [3.05, 3.63) is 59.7 Å². The monoisotopic (exact) mass is 393 g/mol. The molecule has 1 amide bonds. The third-order valence-corrected chi connectivity index (χ3v) is 4.35. The maximum atomic E-state index is 13.1. The van der Waals surface area contributed by atoms with Crippen LogP contribution in [0.4, 0.5) is 23.7 Å². The van der Waals surface area contributed by atoms with Crippen molar-refractivity contribution in [1.82, 2.24) is 0 Å². The summed E-state index contributed by atoms with van der Waals surface area (Å²) in [4.78, 5) is 23.6. The van der Waals surface area contributed by atoms with Crippen LogP contribution in [0, 0.1) is 5.92 Å². The van der Waals surface area contributed by atoms with Crippen molar-refractivity contribution < 1.29 is 32.2 Å². The Hall–Kier alpha value is -3.03. The summed E-state index contributed by atoms with van der Waals surface area (Å²) in [6, 6.07) is 11.3. The van der Waals surface area contributed by atoms with Crippen LogP contribution in [0.2, 0.25) is 0 Å². The maximum absolute atomic E-state index is 13.1. The number of esters is 1. The maximum Gasteiger partial charge on any atom is 0.416 e. The van der Waals surface area contributed by atoms with Crippen LogP contribution in [0.5, 0.6) is 5.75 Å². The van der Waals surface area contributed by atoms with Crippen molar-refractivity contribution in [1.29, 1.82) is 0 Å². The highest BCUT2D eigenvalue weighted by atomic mass is 19.4. The zero-order valence-electron chi connectivity index (χ0n) is 15.0. The molecule has 1 fully saturated rings. The summed E-state index contributed by atoms with van der Waals surface area (Å²) in [6.45, 7) is 1.92. The Bertz CT molecular complexity index is 864. The third-order valence-electron chi connectivity index (χ3n) is 4.35. The van der Waals surface area contributed by atoms with Crippen molar-refractivity contribution in [3.63, 3.8) is 0 Å². The summed E-state index contributed by atoms with van der Waals surface area (Å²) in [5.74, 6) is -1.45. The first-order valence-electron chi connectivity index (χ1n) is 8.71. The van der Waals surface area contributed by atoms with Gasteiger partial charge in [0, 0.05) is 5.69 Å². The molecule has 2 aromatic rings. The lowest BCUT2D eigenvalue weighted by molar-refractivity contribution is -0.139. The Morgan fingerprint density at radius 1 is 1.11 bits per heavy atom. The number of ether oxygens (including phenoxy) is 2. The second-order valence-corrected chi connectivity index (χ2v) is 6.32. The number of alkyl halides is 3. The smallest absolute Gasteiger partial charge is 0.416 e. The molecule has 0 heterocycles. The van der Waals surface area contributed by atoms with Gasteiger partial charge in [-0.3, -0.25) is 10.1 Å². The highest BCUT2D eigenvalue weighted by Gasteiger charge is 2.48. The molecule has 2 atom stereocenters. The first kappa shape index (κ1) is 19.7. The number of rotatable bonds is 5. The van der Waals surface area contributed by atoms with Gasteiger partial charge in [0.25, 0.3) is 0 Å². The number of halogens is 3. The van der Waals surface area contributed by atoms with Crippen LogP contribution in [-0.4, -0.2) is 18.7 Å². The van der Waals surface area contributed by atoms with Gasteiger partial charge in [0.15, 0.2) is 0 Å². The van der Waals surface area contributed by atoms with E-state index in [0.717, 1.165) is 6.07 Å². The summed E-state index contributed by atoms with van der Waals surface area (Å²) in [5, 5.41) is 2.50. The Morgan fingerprint density at radius 2 is 1.79 bits per heavy atom. The van der Waals surface area contributed by atoms with E-state index in [2.05, 4.69) is 5.32 Å². The van der Waals surface area contributed by atoms with Crippen molar-refractivity contribution in [2.75, 3.05) is 11.9 Å². The normalized spacial score (nSPS) is 18.3. The molecule has 1 N–H and O–H groups in total. The van der Waals surface area contributed by atoms with E-state index in [4.69, 9.17) is 9.47 Å². The van der Waals surface area contributed by atoms with E-state index < -0.39 is 35.6 Å². The summed E-state index contributed by atoms with van der Waals surface area (Å²) in [7, 11) is 0. The van der Waals surface area contributed by atoms with Gasteiger partial charge in [-0.15, -0.1) is 0 Å². The molecule has 0 spiro atoms. The second-order valence-electron chi connectivity index (χ2n) is 6.32. The number of hydrogen-bond acceptors (Lipinski definition) is 4. The minimum Gasteiger partial charge on any atom is -0.450 e. The summed E-state index contributed by atoms with van der Waals surface area (Å²) >= 11 is 0. The van der Waals surface area contributed by atoms with E-state index in [-0.39, 0.29) is 17.9 Å². The molecule has 28 heavy (non-hydrogen) atoms. The Labute approximate surface area is 159 Å². The molecule has 0 bridgehead atoms. The van der Waals surface area contributed by atoms with Gasteiger partial charge in [0.2, 0.25) is 0 Å². The molecule has 0 radical (unpaired) electrons. The lowest BCUT2D eigenvalue weighted by Gasteiger charge is -2.12. The molecule has 5 nitrogen and oxygen atoms in total. The van der Waals surface area contributed by atoms with Crippen LogP contribution in [0.1, 0.15) is 30.4 Å². The molecule has 2 unspecified atom stereocenters. The van der Waals surface area contributed by atoms with Gasteiger partial charge in [0.05, 0.1) is 18.1 Å². The van der Waals surface area contributed by atoms with E-state index in [1.165, 1.54) is 42.5 Å². The molecule has 0 saturated heterocycles. The van der Waals surface area contributed by atoms with Gasteiger partial charge in [0.1, 0.15) is 5.75 Å². The van der Waals surface area contributed by atoms with Gasteiger partial charge in [-0.25, -0.2) is 4.79 Å². The molecular weight excluding hydrogens is 375 g/mol. The van der Waals surface area contributed by atoms with Gasteiger partial charge >= 0.3 is 18.2 Å². The average Bonchev–Trinajstić information content (AvgIpc) is 3.44. The van der Waals surface area contributed by atoms with Gasteiger partial charge < -0.3 is 9.47 Å². The van der Waals surface area contributed by atoms with E-state index in [9.17, 15) is 22.8 Å². The molecule has 2 aromatic carbocycles. The molecule has 8 heteroatoms. The zero-order chi connectivity index (χ0) is 20.3. The summed E-state index contributed by atoms with van der Waals surface area (Å²) in [5.41, 5.74) is -0.141. The fourth-order valence-corrected chi connectivity index (χ4v) is 2.96. The predicted molar refractivity (Wildman–Crippen MR) is 95.0 cm³/mol. The topological polar surface area (TPSA) is 64.6 Å². The van der Waals surface area contributed by atoms with Crippen LogP contribution < -0.4 is 10.1 Å². The molecule has 0 aromatic heterocycles.